The standard InChI is InChI=1S/C9H9ClFNO3S/c1-5-3-7(11)4-8(12-6(2)13)9(5)16(10,14)15/h3-4H,1-2H3,(H,12,13). The minimum Gasteiger partial charge on any atom is -0.325 e. The third kappa shape index (κ3) is 2.93. The van der Waals surface area contributed by atoms with Crippen LogP contribution in [0.2, 0.25) is 0 Å². The zero-order valence-electron chi connectivity index (χ0n) is 8.54. The monoisotopic (exact) mass is 265 g/mol. The van der Waals surface area contributed by atoms with E-state index in [1.807, 2.05) is 0 Å². The second-order valence-electron chi connectivity index (χ2n) is 3.22. The summed E-state index contributed by atoms with van der Waals surface area (Å²) < 4.78 is 35.6. The first-order valence-electron chi connectivity index (χ1n) is 4.24. The third-order valence-electron chi connectivity index (χ3n) is 1.79. The molecular weight excluding hydrogens is 257 g/mol. The van der Waals surface area contributed by atoms with E-state index in [4.69, 9.17) is 10.7 Å². The number of carbonyl (C=O) groups is 1. The Morgan fingerprint density at radius 1 is 1.44 bits per heavy atom. The maximum absolute atomic E-state index is 13.1. The molecule has 0 aliphatic rings. The smallest absolute Gasteiger partial charge is 0.263 e. The van der Waals surface area contributed by atoms with Crippen molar-refractivity contribution in [2.45, 2.75) is 18.7 Å². The summed E-state index contributed by atoms with van der Waals surface area (Å²) >= 11 is 0. The summed E-state index contributed by atoms with van der Waals surface area (Å²) in [5.74, 6) is -1.16. The highest BCUT2D eigenvalue weighted by Gasteiger charge is 2.20. The van der Waals surface area contributed by atoms with E-state index in [1.165, 1.54) is 13.8 Å². The molecule has 1 aromatic carbocycles. The maximum Gasteiger partial charge on any atom is 0.263 e. The van der Waals surface area contributed by atoms with E-state index in [9.17, 15) is 17.6 Å². The number of aryl methyl sites for hydroxylation is 1. The highest BCUT2D eigenvalue weighted by atomic mass is 35.7. The van der Waals surface area contributed by atoms with Crippen LogP contribution in [-0.4, -0.2) is 14.3 Å². The van der Waals surface area contributed by atoms with Gasteiger partial charge in [-0.1, -0.05) is 0 Å². The van der Waals surface area contributed by atoms with Gasteiger partial charge in [-0.25, -0.2) is 12.8 Å². The SMILES string of the molecule is CC(=O)Nc1cc(F)cc(C)c1S(=O)(=O)Cl. The van der Waals surface area contributed by atoms with Gasteiger partial charge in [0.25, 0.3) is 9.05 Å². The van der Waals surface area contributed by atoms with E-state index in [0.29, 0.717) is 0 Å². The van der Waals surface area contributed by atoms with Gasteiger partial charge in [0.15, 0.2) is 0 Å². The van der Waals surface area contributed by atoms with Gasteiger partial charge >= 0.3 is 0 Å². The lowest BCUT2D eigenvalue weighted by Gasteiger charge is -2.10. The van der Waals surface area contributed by atoms with Crippen LogP contribution < -0.4 is 5.32 Å². The molecule has 1 amide bonds. The van der Waals surface area contributed by atoms with Crippen molar-refractivity contribution >= 4 is 31.3 Å². The first kappa shape index (κ1) is 12.9. The Hall–Kier alpha value is -1.14. The van der Waals surface area contributed by atoms with Crippen molar-refractivity contribution in [3.8, 4) is 0 Å². The van der Waals surface area contributed by atoms with E-state index < -0.39 is 20.8 Å². The molecule has 0 fully saturated rings. The Kier molecular flexibility index (Phi) is 3.54. The Bertz CT molecular complexity index is 542. The van der Waals surface area contributed by atoms with Gasteiger partial charge < -0.3 is 5.32 Å². The number of hydrogen-bond acceptors (Lipinski definition) is 3. The van der Waals surface area contributed by atoms with Gasteiger partial charge in [0.05, 0.1) is 5.69 Å². The number of benzene rings is 1. The van der Waals surface area contributed by atoms with Gasteiger partial charge in [-0.3, -0.25) is 4.79 Å². The minimum absolute atomic E-state index is 0.138. The van der Waals surface area contributed by atoms with Crippen molar-refractivity contribution < 1.29 is 17.6 Å². The van der Waals surface area contributed by atoms with Crippen LogP contribution in [0.25, 0.3) is 0 Å². The van der Waals surface area contributed by atoms with Crippen LogP contribution in [0.5, 0.6) is 0 Å². The van der Waals surface area contributed by atoms with Crippen molar-refractivity contribution in [1.82, 2.24) is 0 Å². The third-order valence-corrected chi connectivity index (χ3v) is 3.29. The van der Waals surface area contributed by atoms with Crippen LogP contribution in [0.3, 0.4) is 0 Å². The first-order valence-corrected chi connectivity index (χ1v) is 6.55. The highest BCUT2D eigenvalue weighted by Crippen LogP contribution is 2.29. The number of rotatable bonds is 2. The fourth-order valence-electron chi connectivity index (χ4n) is 1.34. The van der Waals surface area contributed by atoms with Crippen molar-refractivity contribution in [3.05, 3.63) is 23.5 Å². The van der Waals surface area contributed by atoms with Gasteiger partial charge in [-0.2, -0.15) is 0 Å². The second-order valence-corrected chi connectivity index (χ2v) is 5.72. The zero-order chi connectivity index (χ0) is 12.5. The molecular formula is C9H9ClFNO3S. The van der Waals surface area contributed by atoms with Crippen LogP contribution in [0.4, 0.5) is 10.1 Å². The van der Waals surface area contributed by atoms with E-state index in [-0.39, 0.29) is 16.1 Å². The molecule has 0 bridgehead atoms. The molecule has 0 atom stereocenters. The molecule has 0 heterocycles. The Balaban J connectivity index is 3.51. The lowest BCUT2D eigenvalue weighted by molar-refractivity contribution is -0.114. The maximum atomic E-state index is 13.1. The summed E-state index contributed by atoms with van der Waals surface area (Å²) in [6.07, 6.45) is 0. The number of amides is 1. The average molecular weight is 266 g/mol. The molecule has 4 nitrogen and oxygen atoms in total. The van der Waals surface area contributed by atoms with E-state index in [2.05, 4.69) is 5.32 Å². The largest absolute Gasteiger partial charge is 0.325 e. The van der Waals surface area contributed by atoms with E-state index in [1.54, 1.807) is 0 Å². The Labute approximate surface area is 96.8 Å². The van der Waals surface area contributed by atoms with Gasteiger partial charge in [-0.15, -0.1) is 0 Å². The van der Waals surface area contributed by atoms with Crippen LogP contribution in [-0.2, 0) is 13.8 Å². The Morgan fingerprint density at radius 2 is 2.00 bits per heavy atom. The molecule has 1 aromatic rings. The van der Waals surface area contributed by atoms with Crippen molar-refractivity contribution in [2.24, 2.45) is 0 Å². The summed E-state index contributed by atoms with van der Waals surface area (Å²) in [5, 5.41) is 2.22. The first-order chi connectivity index (χ1) is 7.21. The van der Waals surface area contributed by atoms with Crippen molar-refractivity contribution in [1.29, 1.82) is 0 Å². The van der Waals surface area contributed by atoms with Gasteiger partial charge in [0.2, 0.25) is 5.91 Å². The van der Waals surface area contributed by atoms with Crippen LogP contribution >= 0.6 is 10.7 Å². The molecule has 1 rings (SSSR count). The summed E-state index contributed by atoms with van der Waals surface area (Å²) in [6.45, 7) is 2.58. The molecule has 0 aromatic heterocycles. The molecule has 0 unspecified atom stereocenters. The normalized spacial score (nSPS) is 11.2. The number of hydrogen-bond donors (Lipinski definition) is 1. The molecule has 88 valence electrons. The van der Waals surface area contributed by atoms with Crippen LogP contribution in [0.15, 0.2) is 17.0 Å². The second kappa shape index (κ2) is 4.39. The zero-order valence-corrected chi connectivity index (χ0v) is 10.1. The number of halogens is 2. The number of nitrogens with one attached hydrogen (secondary N) is 1. The lowest BCUT2D eigenvalue weighted by atomic mass is 10.2. The van der Waals surface area contributed by atoms with Crippen LogP contribution in [0, 0.1) is 12.7 Å². The fraction of sp³-hybridized carbons (Fsp3) is 0.222. The molecule has 0 saturated heterocycles. The predicted octanol–water partition coefficient (Wildman–Crippen LogP) is 2.02. The number of carbonyl (C=O) groups excluding carboxylic acids is 1. The van der Waals surface area contributed by atoms with E-state index >= 15 is 0 Å². The molecule has 0 aliphatic heterocycles. The molecule has 7 heteroatoms. The summed E-state index contributed by atoms with van der Waals surface area (Å²) in [5.41, 5.74) is -0.0150. The molecule has 0 aliphatic carbocycles. The highest BCUT2D eigenvalue weighted by molar-refractivity contribution is 8.14. The molecule has 0 spiro atoms. The lowest BCUT2D eigenvalue weighted by Crippen LogP contribution is -2.10. The molecule has 1 N–H and O–H groups in total. The molecule has 0 radical (unpaired) electrons. The van der Waals surface area contributed by atoms with Gasteiger partial charge in [-0.05, 0) is 24.6 Å². The van der Waals surface area contributed by atoms with Crippen molar-refractivity contribution in [2.75, 3.05) is 5.32 Å². The van der Waals surface area contributed by atoms with Crippen molar-refractivity contribution in [3.63, 3.8) is 0 Å². The summed E-state index contributed by atoms with van der Waals surface area (Å²) in [6, 6.07) is 1.93. The Morgan fingerprint density at radius 3 is 2.44 bits per heavy atom. The van der Waals surface area contributed by atoms with Gasteiger partial charge in [0, 0.05) is 17.6 Å². The average Bonchev–Trinajstić information content (AvgIpc) is 1.96. The molecule has 0 saturated carbocycles. The summed E-state index contributed by atoms with van der Waals surface area (Å²) in [7, 11) is 1.17. The quantitative estimate of drug-likeness (QED) is 0.832. The summed E-state index contributed by atoms with van der Waals surface area (Å²) in [4.78, 5) is 10.6. The minimum atomic E-state index is -4.04. The van der Waals surface area contributed by atoms with E-state index in [0.717, 1.165) is 12.1 Å². The fourth-order valence-corrected chi connectivity index (χ4v) is 2.77. The molecule has 16 heavy (non-hydrogen) atoms. The van der Waals surface area contributed by atoms with Crippen LogP contribution in [0.1, 0.15) is 12.5 Å². The predicted molar refractivity (Wildman–Crippen MR) is 58.5 cm³/mol. The topological polar surface area (TPSA) is 63.2 Å². The van der Waals surface area contributed by atoms with Gasteiger partial charge in [0.1, 0.15) is 10.7 Å². The number of anilines is 1.